The van der Waals surface area contributed by atoms with E-state index in [-0.39, 0.29) is 28.8 Å². The molecule has 26 heavy (non-hydrogen) atoms. The van der Waals surface area contributed by atoms with E-state index in [0.29, 0.717) is 11.4 Å². The van der Waals surface area contributed by atoms with E-state index in [0.717, 1.165) is 12.1 Å². The zero-order chi connectivity index (χ0) is 19.1. The molecule has 0 fully saturated rings. The fraction of sp³-hybridized carbons (Fsp3) is 0.176. The van der Waals surface area contributed by atoms with E-state index < -0.39 is 17.8 Å². The summed E-state index contributed by atoms with van der Waals surface area (Å²) in [6.45, 7) is 0.390. The van der Waals surface area contributed by atoms with Gasteiger partial charge in [0.05, 0.1) is 22.2 Å². The first-order valence-electron chi connectivity index (χ1n) is 7.39. The minimum atomic E-state index is -0.754. The Labute approximate surface area is 159 Å². The molecule has 0 radical (unpaired) electrons. The molecule has 2 aromatic rings. The molecular weight excluding hydrogens is 386 g/mol. The summed E-state index contributed by atoms with van der Waals surface area (Å²) in [7, 11) is 1.49. The van der Waals surface area contributed by atoms with Gasteiger partial charge in [0.15, 0.2) is 0 Å². The topological polar surface area (TPSA) is 76.7 Å². The SMILES string of the molecule is COCCOC(=O)Nc1cccc(NC(=O)c2cc(F)c(Cl)cc2Cl)c1. The average molecular weight is 401 g/mol. The average Bonchev–Trinajstić information content (AvgIpc) is 2.58. The van der Waals surface area contributed by atoms with Crippen LogP contribution in [-0.4, -0.2) is 32.3 Å². The largest absolute Gasteiger partial charge is 0.447 e. The summed E-state index contributed by atoms with van der Waals surface area (Å²) in [5.74, 6) is -1.37. The van der Waals surface area contributed by atoms with Gasteiger partial charge >= 0.3 is 6.09 Å². The summed E-state index contributed by atoms with van der Waals surface area (Å²) >= 11 is 11.5. The highest BCUT2D eigenvalue weighted by Gasteiger charge is 2.15. The molecule has 0 aromatic heterocycles. The number of carbonyl (C=O) groups is 2. The second kappa shape index (κ2) is 9.38. The number of nitrogens with one attached hydrogen (secondary N) is 2. The van der Waals surface area contributed by atoms with E-state index in [9.17, 15) is 14.0 Å². The van der Waals surface area contributed by atoms with Crippen LogP contribution in [0.2, 0.25) is 10.0 Å². The Morgan fingerprint density at radius 3 is 2.42 bits per heavy atom. The maximum atomic E-state index is 13.6. The first kappa shape index (κ1) is 20.0. The van der Waals surface area contributed by atoms with Crippen LogP contribution in [0, 0.1) is 5.82 Å². The van der Waals surface area contributed by atoms with Crippen LogP contribution in [0.3, 0.4) is 0 Å². The molecule has 2 N–H and O–H groups in total. The van der Waals surface area contributed by atoms with Crippen LogP contribution in [0.25, 0.3) is 0 Å². The van der Waals surface area contributed by atoms with Crippen LogP contribution in [-0.2, 0) is 9.47 Å². The summed E-state index contributed by atoms with van der Waals surface area (Å²) in [5, 5.41) is 4.92. The monoisotopic (exact) mass is 400 g/mol. The molecule has 0 aliphatic rings. The Kier molecular flexibility index (Phi) is 7.20. The highest BCUT2D eigenvalue weighted by Crippen LogP contribution is 2.25. The van der Waals surface area contributed by atoms with Crippen LogP contribution in [0.1, 0.15) is 10.4 Å². The molecule has 2 aromatic carbocycles. The van der Waals surface area contributed by atoms with Crippen molar-refractivity contribution in [3.05, 3.63) is 57.8 Å². The number of amides is 2. The van der Waals surface area contributed by atoms with Crippen molar-refractivity contribution >= 4 is 46.6 Å². The third-order valence-electron chi connectivity index (χ3n) is 3.14. The molecule has 0 atom stereocenters. The number of hydrogen-bond acceptors (Lipinski definition) is 4. The molecule has 0 bridgehead atoms. The second-order valence-electron chi connectivity index (χ2n) is 5.03. The normalized spacial score (nSPS) is 10.3. The van der Waals surface area contributed by atoms with Crippen molar-refractivity contribution in [3.8, 4) is 0 Å². The van der Waals surface area contributed by atoms with E-state index in [2.05, 4.69) is 10.6 Å². The van der Waals surface area contributed by atoms with Crippen LogP contribution >= 0.6 is 23.2 Å². The van der Waals surface area contributed by atoms with Gasteiger partial charge in [-0.3, -0.25) is 10.1 Å². The molecule has 6 nitrogen and oxygen atoms in total. The number of carbonyl (C=O) groups excluding carboxylic acids is 2. The lowest BCUT2D eigenvalue weighted by Gasteiger charge is -2.10. The highest BCUT2D eigenvalue weighted by atomic mass is 35.5. The fourth-order valence-corrected chi connectivity index (χ4v) is 2.41. The predicted octanol–water partition coefficient (Wildman–Crippen LogP) is 4.58. The molecule has 2 amide bonds. The molecular formula is C17H15Cl2FN2O4. The fourth-order valence-electron chi connectivity index (χ4n) is 1.94. The van der Waals surface area contributed by atoms with E-state index >= 15 is 0 Å². The predicted molar refractivity (Wildman–Crippen MR) is 97.7 cm³/mol. The van der Waals surface area contributed by atoms with Crippen LogP contribution < -0.4 is 10.6 Å². The number of halogens is 3. The highest BCUT2D eigenvalue weighted by molar-refractivity contribution is 6.37. The van der Waals surface area contributed by atoms with Crippen molar-refractivity contribution in [1.29, 1.82) is 0 Å². The van der Waals surface area contributed by atoms with Crippen LogP contribution in [0.5, 0.6) is 0 Å². The third-order valence-corrected chi connectivity index (χ3v) is 3.74. The van der Waals surface area contributed by atoms with Gasteiger partial charge in [-0.05, 0) is 30.3 Å². The Morgan fingerprint density at radius 1 is 1.04 bits per heavy atom. The molecule has 0 saturated heterocycles. The lowest BCUT2D eigenvalue weighted by atomic mass is 10.2. The van der Waals surface area contributed by atoms with E-state index in [4.69, 9.17) is 32.7 Å². The van der Waals surface area contributed by atoms with Crippen molar-refractivity contribution < 1.29 is 23.5 Å². The maximum absolute atomic E-state index is 13.6. The molecule has 2 rings (SSSR count). The lowest BCUT2D eigenvalue weighted by Crippen LogP contribution is -2.17. The Morgan fingerprint density at radius 2 is 1.73 bits per heavy atom. The van der Waals surface area contributed by atoms with Gasteiger partial charge in [-0.25, -0.2) is 9.18 Å². The van der Waals surface area contributed by atoms with Gasteiger partial charge in [0.2, 0.25) is 0 Å². The number of benzene rings is 2. The van der Waals surface area contributed by atoms with Gasteiger partial charge in [-0.15, -0.1) is 0 Å². The van der Waals surface area contributed by atoms with Gasteiger partial charge in [0.1, 0.15) is 12.4 Å². The van der Waals surface area contributed by atoms with Crippen molar-refractivity contribution in [2.75, 3.05) is 31.0 Å². The minimum absolute atomic E-state index is 0.0184. The van der Waals surface area contributed by atoms with Gasteiger partial charge < -0.3 is 14.8 Å². The summed E-state index contributed by atoms with van der Waals surface area (Å²) in [5.41, 5.74) is 0.709. The number of methoxy groups -OCH3 is 1. The summed E-state index contributed by atoms with van der Waals surface area (Å²) in [4.78, 5) is 23.9. The Hall–Kier alpha value is -2.35. The minimum Gasteiger partial charge on any atom is -0.447 e. The first-order valence-corrected chi connectivity index (χ1v) is 8.15. The summed E-state index contributed by atoms with van der Waals surface area (Å²) < 4.78 is 23.2. The second-order valence-corrected chi connectivity index (χ2v) is 5.85. The molecule has 0 heterocycles. The standard InChI is InChI=1S/C17H15Cl2FN2O4/c1-25-5-6-26-17(24)22-11-4-2-3-10(7-11)21-16(23)12-8-15(20)14(19)9-13(12)18/h2-4,7-9H,5-6H2,1H3,(H,21,23)(H,22,24). The van der Waals surface area contributed by atoms with Gasteiger partial charge in [0.25, 0.3) is 5.91 Å². The number of hydrogen-bond donors (Lipinski definition) is 2. The zero-order valence-corrected chi connectivity index (χ0v) is 15.2. The molecule has 0 unspecified atom stereocenters. The molecule has 0 aliphatic carbocycles. The molecule has 9 heteroatoms. The van der Waals surface area contributed by atoms with E-state index in [1.807, 2.05) is 0 Å². The summed E-state index contributed by atoms with van der Waals surface area (Å²) in [6.07, 6.45) is -0.659. The van der Waals surface area contributed by atoms with Crippen molar-refractivity contribution in [2.24, 2.45) is 0 Å². The van der Waals surface area contributed by atoms with E-state index in [1.54, 1.807) is 18.2 Å². The van der Waals surface area contributed by atoms with Crippen molar-refractivity contribution in [3.63, 3.8) is 0 Å². The third kappa shape index (κ3) is 5.59. The smallest absolute Gasteiger partial charge is 0.411 e. The number of rotatable bonds is 6. The van der Waals surface area contributed by atoms with Gasteiger partial charge in [0, 0.05) is 18.5 Å². The quantitative estimate of drug-likeness (QED) is 0.549. The maximum Gasteiger partial charge on any atom is 0.411 e. The number of anilines is 2. The van der Waals surface area contributed by atoms with Crippen LogP contribution in [0.4, 0.5) is 20.6 Å². The Balaban J connectivity index is 2.05. The van der Waals surface area contributed by atoms with E-state index in [1.165, 1.54) is 13.2 Å². The number of ether oxygens (including phenoxy) is 2. The summed E-state index contributed by atoms with van der Waals surface area (Å²) in [6, 6.07) is 8.44. The van der Waals surface area contributed by atoms with Crippen LogP contribution in [0.15, 0.2) is 36.4 Å². The molecule has 0 aliphatic heterocycles. The van der Waals surface area contributed by atoms with Gasteiger partial charge in [-0.1, -0.05) is 29.3 Å². The first-order chi connectivity index (χ1) is 12.4. The van der Waals surface area contributed by atoms with Crippen molar-refractivity contribution in [1.82, 2.24) is 0 Å². The Bertz CT molecular complexity index is 817. The molecule has 0 spiro atoms. The lowest BCUT2D eigenvalue weighted by molar-refractivity contribution is 0.102. The van der Waals surface area contributed by atoms with Crippen molar-refractivity contribution in [2.45, 2.75) is 0 Å². The zero-order valence-electron chi connectivity index (χ0n) is 13.6. The molecule has 138 valence electrons. The van der Waals surface area contributed by atoms with Gasteiger partial charge in [-0.2, -0.15) is 0 Å². The molecule has 0 saturated carbocycles.